The van der Waals surface area contributed by atoms with Crippen molar-refractivity contribution in [3.05, 3.63) is 52.9 Å². The quantitative estimate of drug-likeness (QED) is 0.562. The van der Waals surface area contributed by atoms with Crippen molar-refractivity contribution in [2.24, 2.45) is 0 Å². The Labute approximate surface area is 177 Å². The highest BCUT2D eigenvalue weighted by Gasteiger charge is 2.38. The van der Waals surface area contributed by atoms with Crippen LogP contribution >= 0.6 is 0 Å². The zero-order valence-corrected chi connectivity index (χ0v) is 18.4. The molecule has 4 amide bonds. The summed E-state index contributed by atoms with van der Waals surface area (Å²) in [5.41, 5.74) is 4.84. The Kier molecular flexibility index (Phi) is 5.82. The Bertz CT molecular complexity index is 1000. The number of carbonyl (C=O) groups excluding carboxylic acids is 3. The monoisotopic (exact) mass is 408 g/mol. The average molecular weight is 409 g/mol. The number of anilines is 1. The first kappa shape index (κ1) is 21.4. The van der Waals surface area contributed by atoms with E-state index in [1.54, 1.807) is 6.08 Å². The van der Waals surface area contributed by atoms with Crippen LogP contribution in [0, 0.1) is 13.8 Å². The molecular weight excluding hydrogens is 380 g/mol. The van der Waals surface area contributed by atoms with Crippen LogP contribution in [0.2, 0.25) is 0 Å². The SMILES string of the molecule is CCN(CC)c1ccc(-n2c(C)cc(C=C3C(=O)N(C)C(=O)N(C)C3=O)c2C)cc1. The fraction of sp³-hybridized carbons (Fsp3) is 0.348. The van der Waals surface area contributed by atoms with Gasteiger partial charge in [0.05, 0.1) is 0 Å². The van der Waals surface area contributed by atoms with Crippen molar-refractivity contribution < 1.29 is 14.4 Å². The molecule has 1 aromatic heterocycles. The van der Waals surface area contributed by atoms with Crippen molar-refractivity contribution in [3.8, 4) is 5.69 Å². The van der Waals surface area contributed by atoms with Crippen LogP contribution in [0.25, 0.3) is 11.8 Å². The molecule has 1 aromatic carbocycles. The molecule has 0 bridgehead atoms. The van der Waals surface area contributed by atoms with Crippen LogP contribution in [0.1, 0.15) is 30.8 Å². The van der Waals surface area contributed by atoms with E-state index in [0.717, 1.165) is 45.5 Å². The smallest absolute Gasteiger partial charge is 0.333 e. The first-order valence-corrected chi connectivity index (χ1v) is 10.1. The topological polar surface area (TPSA) is 65.9 Å². The summed E-state index contributed by atoms with van der Waals surface area (Å²) in [5, 5.41) is 0. The minimum atomic E-state index is -0.624. The highest BCUT2D eigenvalue weighted by atomic mass is 16.2. The van der Waals surface area contributed by atoms with E-state index in [1.165, 1.54) is 19.8 Å². The fourth-order valence-electron chi connectivity index (χ4n) is 3.86. The maximum absolute atomic E-state index is 12.5. The number of imide groups is 2. The van der Waals surface area contributed by atoms with E-state index in [-0.39, 0.29) is 5.57 Å². The lowest BCUT2D eigenvalue weighted by Gasteiger charge is -2.28. The van der Waals surface area contributed by atoms with Crippen LogP contribution in [0.4, 0.5) is 10.5 Å². The summed E-state index contributed by atoms with van der Waals surface area (Å²) in [5.74, 6) is -1.17. The highest BCUT2D eigenvalue weighted by Crippen LogP contribution is 2.26. The van der Waals surface area contributed by atoms with Crippen LogP contribution in [0.3, 0.4) is 0 Å². The van der Waals surface area contributed by atoms with Crippen molar-refractivity contribution in [3.63, 3.8) is 0 Å². The third-order valence-electron chi connectivity index (χ3n) is 5.65. The molecule has 30 heavy (non-hydrogen) atoms. The predicted molar refractivity (Wildman–Crippen MR) is 118 cm³/mol. The Hall–Kier alpha value is -3.35. The Morgan fingerprint density at radius 1 is 0.900 bits per heavy atom. The molecule has 158 valence electrons. The molecule has 0 N–H and O–H groups in total. The lowest BCUT2D eigenvalue weighted by atomic mass is 10.1. The van der Waals surface area contributed by atoms with Gasteiger partial charge in [0.15, 0.2) is 0 Å². The van der Waals surface area contributed by atoms with Gasteiger partial charge < -0.3 is 9.47 Å². The van der Waals surface area contributed by atoms with E-state index in [2.05, 4.69) is 47.6 Å². The Morgan fingerprint density at radius 3 is 1.93 bits per heavy atom. The maximum atomic E-state index is 12.5. The van der Waals surface area contributed by atoms with Crippen molar-refractivity contribution in [2.45, 2.75) is 27.7 Å². The molecule has 1 fully saturated rings. The maximum Gasteiger partial charge on any atom is 0.333 e. The molecular formula is C23H28N4O3. The number of aromatic nitrogens is 1. The summed E-state index contributed by atoms with van der Waals surface area (Å²) in [7, 11) is 2.75. The van der Waals surface area contributed by atoms with Gasteiger partial charge in [0, 0.05) is 49.9 Å². The van der Waals surface area contributed by atoms with Gasteiger partial charge in [0.2, 0.25) is 0 Å². The molecule has 0 unspecified atom stereocenters. The molecule has 0 atom stereocenters. The largest absolute Gasteiger partial charge is 0.372 e. The second-order valence-corrected chi connectivity index (χ2v) is 7.42. The lowest BCUT2D eigenvalue weighted by Crippen LogP contribution is -2.52. The summed E-state index contributed by atoms with van der Waals surface area (Å²) >= 11 is 0. The Morgan fingerprint density at radius 2 is 1.43 bits per heavy atom. The molecule has 2 heterocycles. The minimum absolute atomic E-state index is 0.0169. The van der Waals surface area contributed by atoms with Crippen molar-refractivity contribution in [2.75, 3.05) is 32.1 Å². The lowest BCUT2D eigenvalue weighted by molar-refractivity contribution is -0.134. The van der Waals surface area contributed by atoms with Gasteiger partial charge >= 0.3 is 6.03 Å². The third-order valence-corrected chi connectivity index (χ3v) is 5.65. The van der Waals surface area contributed by atoms with E-state index in [4.69, 9.17) is 0 Å². The first-order chi connectivity index (χ1) is 14.2. The molecule has 7 heteroatoms. The van der Waals surface area contributed by atoms with Gasteiger partial charge in [-0.3, -0.25) is 19.4 Å². The van der Waals surface area contributed by atoms with Gasteiger partial charge in [-0.2, -0.15) is 0 Å². The van der Waals surface area contributed by atoms with Gasteiger partial charge in [0.1, 0.15) is 5.57 Å². The number of likely N-dealkylation sites (N-methyl/N-ethyl adjacent to an activating group) is 2. The standard InChI is InChI=1S/C23H28N4O3/c1-7-26(8-2)18-9-11-19(12-10-18)27-15(3)13-17(16(27)4)14-20-21(28)24(5)23(30)25(6)22(20)29/h9-14H,7-8H2,1-6H3. The summed E-state index contributed by atoms with van der Waals surface area (Å²) in [6, 6.07) is 9.66. The van der Waals surface area contributed by atoms with Gasteiger partial charge in [0.25, 0.3) is 11.8 Å². The number of hydrogen-bond acceptors (Lipinski definition) is 4. The van der Waals surface area contributed by atoms with E-state index >= 15 is 0 Å². The first-order valence-electron chi connectivity index (χ1n) is 10.1. The predicted octanol–water partition coefficient (Wildman–Crippen LogP) is 3.37. The average Bonchev–Trinajstić information content (AvgIpc) is 3.02. The van der Waals surface area contributed by atoms with Crippen molar-refractivity contribution in [1.82, 2.24) is 14.4 Å². The van der Waals surface area contributed by atoms with Crippen LogP contribution < -0.4 is 4.90 Å². The zero-order valence-electron chi connectivity index (χ0n) is 18.4. The molecule has 2 aromatic rings. The molecule has 1 aliphatic heterocycles. The summed E-state index contributed by atoms with van der Waals surface area (Å²) in [6.07, 6.45) is 1.58. The molecule has 1 saturated heterocycles. The normalized spacial score (nSPS) is 14.6. The number of benzene rings is 1. The van der Waals surface area contributed by atoms with Gasteiger partial charge in [-0.15, -0.1) is 0 Å². The highest BCUT2D eigenvalue weighted by molar-refractivity contribution is 6.30. The summed E-state index contributed by atoms with van der Waals surface area (Å²) in [6.45, 7) is 10.1. The molecule has 0 aliphatic carbocycles. The number of amides is 4. The van der Waals surface area contributed by atoms with Gasteiger partial charge in [-0.1, -0.05) is 0 Å². The van der Waals surface area contributed by atoms with Crippen molar-refractivity contribution >= 4 is 29.6 Å². The van der Waals surface area contributed by atoms with E-state index in [1.807, 2.05) is 19.9 Å². The number of aryl methyl sites for hydroxylation is 1. The van der Waals surface area contributed by atoms with Crippen LogP contribution in [-0.4, -0.2) is 59.4 Å². The second kappa shape index (κ2) is 8.18. The summed E-state index contributed by atoms with van der Waals surface area (Å²) in [4.78, 5) is 41.2. The van der Waals surface area contributed by atoms with E-state index in [9.17, 15) is 14.4 Å². The molecule has 0 radical (unpaired) electrons. The Balaban J connectivity index is 2.00. The van der Waals surface area contributed by atoms with E-state index in [0.29, 0.717) is 0 Å². The minimum Gasteiger partial charge on any atom is -0.372 e. The van der Waals surface area contributed by atoms with Crippen molar-refractivity contribution in [1.29, 1.82) is 0 Å². The van der Waals surface area contributed by atoms with Gasteiger partial charge in [-0.25, -0.2) is 4.79 Å². The van der Waals surface area contributed by atoms with Crippen LogP contribution in [-0.2, 0) is 9.59 Å². The summed E-state index contributed by atoms with van der Waals surface area (Å²) < 4.78 is 2.09. The van der Waals surface area contributed by atoms with E-state index < -0.39 is 17.8 Å². The third kappa shape index (κ3) is 3.51. The molecule has 7 nitrogen and oxygen atoms in total. The fourth-order valence-corrected chi connectivity index (χ4v) is 3.86. The molecule has 0 saturated carbocycles. The zero-order chi connectivity index (χ0) is 22.2. The number of urea groups is 1. The molecule has 0 spiro atoms. The molecule has 1 aliphatic rings. The molecule has 3 rings (SSSR count). The number of hydrogen-bond donors (Lipinski definition) is 0. The number of rotatable bonds is 5. The van der Waals surface area contributed by atoms with Crippen LogP contribution in [0.5, 0.6) is 0 Å². The van der Waals surface area contributed by atoms with Gasteiger partial charge in [-0.05, 0) is 69.7 Å². The second-order valence-electron chi connectivity index (χ2n) is 7.42. The number of carbonyl (C=O) groups is 3. The number of barbiturate groups is 1. The van der Waals surface area contributed by atoms with Crippen LogP contribution in [0.15, 0.2) is 35.9 Å². The number of nitrogens with zero attached hydrogens (tertiary/aromatic N) is 4.